The number of hydrogen-bond acceptors (Lipinski definition) is 8. The van der Waals surface area contributed by atoms with Gasteiger partial charge >= 0.3 is 5.97 Å². The molecule has 2 aromatic carbocycles. The maximum atomic E-state index is 12.4. The minimum absolute atomic E-state index is 0.128. The zero-order valence-corrected chi connectivity index (χ0v) is 19.1. The predicted octanol–water partition coefficient (Wildman–Crippen LogP) is 2.87. The number of ether oxygens (including phenoxy) is 1. The molecule has 0 aliphatic carbocycles. The zero-order valence-electron chi connectivity index (χ0n) is 18.2. The average molecular weight is 480 g/mol. The number of nitrogens with zero attached hydrogens (tertiary/aromatic N) is 3. The monoisotopic (exact) mass is 479 g/mol. The van der Waals surface area contributed by atoms with Crippen molar-refractivity contribution in [3.63, 3.8) is 0 Å². The third-order valence-corrected chi connectivity index (χ3v) is 5.92. The summed E-state index contributed by atoms with van der Waals surface area (Å²) in [4.78, 5) is 48.3. The summed E-state index contributed by atoms with van der Waals surface area (Å²) >= 11 is 1.03. The van der Waals surface area contributed by atoms with Crippen LogP contribution in [0.5, 0.6) is 0 Å². The van der Waals surface area contributed by atoms with Gasteiger partial charge < -0.3 is 10.1 Å². The van der Waals surface area contributed by atoms with Crippen molar-refractivity contribution in [1.29, 1.82) is 0 Å². The third kappa shape index (κ3) is 5.44. The quantitative estimate of drug-likeness (QED) is 0.498. The summed E-state index contributed by atoms with van der Waals surface area (Å²) in [6.07, 6.45) is 1.19. The van der Waals surface area contributed by atoms with E-state index in [0.717, 1.165) is 22.8 Å². The lowest BCUT2D eigenvalue weighted by Crippen LogP contribution is -2.50. The normalized spacial score (nSPS) is 13.4. The van der Waals surface area contributed by atoms with E-state index in [0.29, 0.717) is 16.4 Å². The molecule has 0 saturated carbocycles. The van der Waals surface area contributed by atoms with Crippen molar-refractivity contribution in [2.75, 3.05) is 10.3 Å². The molecule has 1 aliphatic heterocycles. The van der Waals surface area contributed by atoms with Crippen molar-refractivity contribution in [3.8, 4) is 0 Å². The van der Waals surface area contributed by atoms with Crippen molar-refractivity contribution in [2.45, 2.75) is 32.8 Å². The number of nitrogens with one attached hydrogen (secondary N) is 2. The van der Waals surface area contributed by atoms with Crippen LogP contribution in [-0.4, -0.2) is 33.9 Å². The molecular weight excluding hydrogens is 458 g/mol. The molecule has 10 nitrogen and oxygen atoms in total. The summed E-state index contributed by atoms with van der Waals surface area (Å²) in [7, 11) is 0. The fraction of sp³-hybridized carbons (Fsp3) is 0.217. The van der Waals surface area contributed by atoms with Crippen LogP contribution in [0.3, 0.4) is 0 Å². The second-order valence-electron chi connectivity index (χ2n) is 7.39. The van der Waals surface area contributed by atoms with Gasteiger partial charge in [0.1, 0.15) is 6.61 Å². The molecule has 1 saturated heterocycles. The minimum atomic E-state index is -0.599. The molecular formula is C23H21N5O5S. The Balaban J connectivity index is 1.31. The highest BCUT2D eigenvalue weighted by Gasteiger charge is 2.24. The van der Waals surface area contributed by atoms with E-state index in [4.69, 9.17) is 4.74 Å². The average Bonchev–Trinajstić information content (AvgIpc) is 3.34. The van der Waals surface area contributed by atoms with Crippen LogP contribution in [-0.2, 0) is 27.4 Å². The number of hydrazine groups is 1. The van der Waals surface area contributed by atoms with Crippen LogP contribution in [0.25, 0.3) is 0 Å². The highest BCUT2D eigenvalue weighted by Crippen LogP contribution is 2.19. The summed E-state index contributed by atoms with van der Waals surface area (Å²) < 4.78 is 5.26. The van der Waals surface area contributed by atoms with Gasteiger partial charge in [0.05, 0.1) is 11.3 Å². The van der Waals surface area contributed by atoms with E-state index in [1.807, 2.05) is 24.3 Å². The second kappa shape index (κ2) is 10.2. The Bertz CT molecular complexity index is 1220. The van der Waals surface area contributed by atoms with Crippen molar-refractivity contribution in [1.82, 2.24) is 15.6 Å². The number of esters is 1. The number of hydrogen-bond donors (Lipinski definition) is 2. The Morgan fingerprint density at radius 3 is 2.50 bits per heavy atom. The van der Waals surface area contributed by atoms with Gasteiger partial charge in [-0.2, -0.15) is 0 Å². The number of benzene rings is 2. The molecule has 3 amide bonds. The van der Waals surface area contributed by atoms with Crippen molar-refractivity contribution >= 4 is 46.4 Å². The number of aryl methyl sites for hydroxylation is 1. The highest BCUT2D eigenvalue weighted by atomic mass is 32.1. The maximum Gasteiger partial charge on any atom is 0.338 e. The van der Waals surface area contributed by atoms with E-state index in [1.54, 1.807) is 12.1 Å². The van der Waals surface area contributed by atoms with E-state index in [-0.39, 0.29) is 41.8 Å². The van der Waals surface area contributed by atoms with E-state index >= 15 is 0 Å². The lowest BCUT2D eigenvalue weighted by Gasteiger charge is -2.27. The van der Waals surface area contributed by atoms with Crippen LogP contribution in [0.4, 0.5) is 11.4 Å². The fourth-order valence-electron chi connectivity index (χ4n) is 3.15. The van der Waals surface area contributed by atoms with E-state index in [1.165, 1.54) is 17.7 Å². The molecule has 2 heterocycles. The fourth-order valence-corrected chi connectivity index (χ4v) is 3.80. The van der Waals surface area contributed by atoms with Crippen LogP contribution in [0.15, 0.2) is 48.5 Å². The molecule has 0 spiro atoms. The van der Waals surface area contributed by atoms with E-state index < -0.39 is 11.9 Å². The van der Waals surface area contributed by atoms with E-state index in [9.17, 15) is 19.2 Å². The van der Waals surface area contributed by atoms with Crippen molar-refractivity contribution in [3.05, 3.63) is 69.7 Å². The summed E-state index contributed by atoms with van der Waals surface area (Å²) in [6.45, 7) is 1.91. The number of aromatic nitrogens is 2. The minimum Gasteiger partial charge on any atom is -0.455 e. The summed E-state index contributed by atoms with van der Waals surface area (Å²) in [5.41, 5.74) is 5.02. The van der Waals surface area contributed by atoms with Gasteiger partial charge in [-0.3, -0.25) is 19.8 Å². The molecule has 174 valence electrons. The van der Waals surface area contributed by atoms with Crippen molar-refractivity contribution in [2.24, 2.45) is 0 Å². The molecule has 0 unspecified atom stereocenters. The topological polar surface area (TPSA) is 131 Å². The van der Waals surface area contributed by atoms with Gasteiger partial charge in [-0.05, 0) is 48.4 Å². The molecule has 1 aliphatic rings. The predicted molar refractivity (Wildman–Crippen MR) is 124 cm³/mol. The Morgan fingerprint density at radius 2 is 1.79 bits per heavy atom. The summed E-state index contributed by atoms with van der Waals surface area (Å²) in [5, 5.41) is 12.2. The zero-order chi connectivity index (χ0) is 24.1. The largest absolute Gasteiger partial charge is 0.455 e. The molecule has 4 rings (SSSR count). The maximum absolute atomic E-state index is 12.4. The standard InChI is InChI=1S/C23H21N5O5S/c1-2-14-3-7-16(8-4-14)24-21(31)22-26-25-19(34-22)13-33-23(32)15-5-9-17(10-6-15)28-20(30)12-11-18(29)27-28/h3-10H,2,11-13H2,1H3,(H,24,31)(H,27,29). The molecule has 3 aromatic rings. The van der Waals surface area contributed by atoms with Gasteiger partial charge in [-0.15, -0.1) is 10.2 Å². The van der Waals surface area contributed by atoms with Gasteiger partial charge in [-0.25, -0.2) is 9.80 Å². The van der Waals surface area contributed by atoms with Gasteiger partial charge in [0.15, 0.2) is 5.01 Å². The van der Waals surface area contributed by atoms with Crippen LogP contribution in [0.2, 0.25) is 0 Å². The first-order chi connectivity index (χ1) is 16.4. The lowest BCUT2D eigenvalue weighted by atomic mass is 10.1. The SMILES string of the molecule is CCc1ccc(NC(=O)c2nnc(COC(=O)c3ccc(N4NC(=O)CCC4=O)cc3)s2)cc1. The Kier molecular flexibility index (Phi) is 6.93. The smallest absolute Gasteiger partial charge is 0.338 e. The Morgan fingerprint density at radius 1 is 1.06 bits per heavy atom. The lowest BCUT2D eigenvalue weighted by molar-refractivity contribution is -0.130. The number of amides is 3. The number of carbonyl (C=O) groups excluding carboxylic acids is 4. The van der Waals surface area contributed by atoms with Crippen molar-refractivity contribution < 1.29 is 23.9 Å². The second-order valence-corrected chi connectivity index (χ2v) is 8.45. The van der Waals surface area contributed by atoms with Crippen LogP contribution < -0.4 is 15.8 Å². The first kappa shape index (κ1) is 23.1. The summed E-state index contributed by atoms with van der Waals surface area (Å²) in [6, 6.07) is 13.6. The molecule has 1 fully saturated rings. The Hall–Kier alpha value is -4.12. The van der Waals surface area contributed by atoms with Crippen LogP contribution >= 0.6 is 11.3 Å². The van der Waals surface area contributed by atoms with Gasteiger partial charge in [0.25, 0.3) is 5.91 Å². The summed E-state index contributed by atoms with van der Waals surface area (Å²) in [5.74, 6) is -1.47. The highest BCUT2D eigenvalue weighted by molar-refractivity contribution is 7.13. The van der Waals surface area contributed by atoms with Gasteiger partial charge in [0, 0.05) is 18.5 Å². The Labute approximate surface area is 198 Å². The molecule has 1 aromatic heterocycles. The number of anilines is 2. The van der Waals surface area contributed by atoms with Gasteiger partial charge in [0.2, 0.25) is 16.8 Å². The third-order valence-electron chi connectivity index (χ3n) is 5.02. The molecule has 0 bridgehead atoms. The first-order valence-corrected chi connectivity index (χ1v) is 11.4. The molecule has 11 heteroatoms. The van der Waals surface area contributed by atoms with Crippen LogP contribution in [0.1, 0.15) is 50.5 Å². The van der Waals surface area contributed by atoms with Gasteiger partial charge in [-0.1, -0.05) is 30.4 Å². The number of rotatable bonds is 7. The number of carbonyl (C=O) groups is 4. The molecule has 34 heavy (non-hydrogen) atoms. The molecule has 0 atom stereocenters. The molecule has 2 N–H and O–H groups in total. The molecule has 0 radical (unpaired) electrons. The van der Waals surface area contributed by atoms with E-state index in [2.05, 4.69) is 27.9 Å². The van der Waals surface area contributed by atoms with Crippen LogP contribution in [0, 0.1) is 0 Å². The first-order valence-electron chi connectivity index (χ1n) is 10.5.